The average molecular weight is 517 g/mol. The number of carbonyl (C=O) groups excluding carboxylic acids is 1. The summed E-state index contributed by atoms with van der Waals surface area (Å²) in [5.74, 6) is -3.46. The average Bonchev–Trinajstić information content (AvgIpc) is 3.03. The lowest BCUT2D eigenvalue weighted by molar-refractivity contribution is 0.0652. The van der Waals surface area contributed by atoms with Gasteiger partial charge in [-0.25, -0.2) is 9.59 Å². The molecule has 0 aliphatic heterocycles. The Kier molecular flexibility index (Phi) is 4.76. The van der Waals surface area contributed by atoms with Crippen LogP contribution in [0.3, 0.4) is 0 Å². The monoisotopic (exact) mass is 515 g/mol. The van der Waals surface area contributed by atoms with Crippen LogP contribution in [0.2, 0.25) is 0 Å². The molecule has 0 saturated heterocycles. The SMILES string of the molecule is O=C(O)c1c(C(=O)O)c2ccc3cc(Br)ccc3n2c1C(=O)c1ccc(Br)cc1. The van der Waals surface area contributed by atoms with Gasteiger partial charge in [0.1, 0.15) is 16.8 Å². The highest BCUT2D eigenvalue weighted by Gasteiger charge is 2.32. The van der Waals surface area contributed by atoms with Crippen molar-refractivity contribution in [2.45, 2.75) is 0 Å². The number of pyridine rings is 1. The van der Waals surface area contributed by atoms with Crippen LogP contribution in [0.25, 0.3) is 16.4 Å². The van der Waals surface area contributed by atoms with Crippen LogP contribution in [0.15, 0.2) is 63.5 Å². The van der Waals surface area contributed by atoms with Crippen molar-refractivity contribution in [3.63, 3.8) is 0 Å². The molecular weight excluding hydrogens is 506 g/mol. The summed E-state index contributed by atoms with van der Waals surface area (Å²) in [6.07, 6.45) is 0. The number of ketones is 1. The third kappa shape index (κ3) is 3.14. The van der Waals surface area contributed by atoms with Crippen molar-refractivity contribution in [2.24, 2.45) is 0 Å². The predicted molar refractivity (Wildman–Crippen MR) is 114 cm³/mol. The lowest BCUT2D eigenvalue weighted by atomic mass is 10.0. The van der Waals surface area contributed by atoms with Gasteiger partial charge in [0.15, 0.2) is 0 Å². The summed E-state index contributed by atoms with van der Waals surface area (Å²) in [5, 5.41) is 20.3. The van der Waals surface area contributed by atoms with Crippen molar-refractivity contribution >= 4 is 66.0 Å². The molecule has 0 spiro atoms. The smallest absolute Gasteiger partial charge is 0.338 e. The van der Waals surface area contributed by atoms with E-state index in [-0.39, 0.29) is 16.8 Å². The van der Waals surface area contributed by atoms with Crippen LogP contribution in [0.5, 0.6) is 0 Å². The number of carboxylic acid groups (broad SMARTS) is 2. The predicted octanol–water partition coefficient (Wildman–Crippen LogP) is 5.24. The summed E-state index contributed by atoms with van der Waals surface area (Å²) in [6.45, 7) is 0. The van der Waals surface area contributed by atoms with E-state index in [1.54, 1.807) is 42.5 Å². The standard InChI is InChI=1S/C21H11Br2NO5/c22-12-4-1-10(2-5-12)19(25)18-17(21(28)29)16(20(26)27)15-7-3-11-9-13(23)6-8-14(11)24(15)18/h1-9H,(H,26,27)(H,28,29). The van der Waals surface area contributed by atoms with Crippen molar-refractivity contribution in [1.82, 2.24) is 4.40 Å². The van der Waals surface area contributed by atoms with E-state index in [0.29, 0.717) is 5.52 Å². The normalized spacial score (nSPS) is 11.1. The Morgan fingerprint density at radius 2 is 1.31 bits per heavy atom. The van der Waals surface area contributed by atoms with Crippen molar-refractivity contribution in [3.8, 4) is 0 Å². The van der Waals surface area contributed by atoms with Gasteiger partial charge in [-0.3, -0.25) is 4.79 Å². The molecule has 0 unspecified atom stereocenters. The Bertz CT molecular complexity index is 1340. The molecule has 144 valence electrons. The van der Waals surface area contributed by atoms with Gasteiger partial charge < -0.3 is 14.6 Å². The molecule has 0 amide bonds. The largest absolute Gasteiger partial charge is 0.478 e. The minimum absolute atomic E-state index is 0.144. The molecule has 0 atom stereocenters. The van der Waals surface area contributed by atoms with Gasteiger partial charge in [-0.1, -0.05) is 37.9 Å². The molecule has 0 fully saturated rings. The molecule has 8 heteroatoms. The van der Waals surface area contributed by atoms with Gasteiger partial charge in [-0.15, -0.1) is 0 Å². The maximum absolute atomic E-state index is 13.3. The first-order valence-electron chi connectivity index (χ1n) is 8.33. The molecule has 2 aromatic heterocycles. The molecule has 0 saturated carbocycles. The number of nitrogens with zero attached hydrogens (tertiary/aromatic N) is 1. The second kappa shape index (κ2) is 7.13. The van der Waals surface area contributed by atoms with E-state index in [9.17, 15) is 24.6 Å². The summed E-state index contributed by atoms with van der Waals surface area (Å²) in [7, 11) is 0. The first kappa shape index (κ1) is 19.4. The fourth-order valence-corrected chi connectivity index (χ4v) is 4.05. The van der Waals surface area contributed by atoms with Crippen molar-refractivity contribution < 1.29 is 24.6 Å². The Balaban J connectivity index is 2.19. The quantitative estimate of drug-likeness (QED) is 0.361. The van der Waals surface area contributed by atoms with Crippen molar-refractivity contribution in [1.29, 1.82) is 0 Å². The molecule has 2 N–H and O–H groups in total. The zero-order valence-electron chi connectivity index (χ0n) is 14.5. The van der Waals surface area contributed by atoms with Gasteiger partial charge >= 0.3 is 11.9 Å². The second-order valence-electron chi connectivity index (χ2n) is 6.30. The van der Waals surface area contributed by atoms with Gasteiger partial charge in [-0.05, 0) is 53.9 Å². The molecule has 4 aromatic rings. The first-order chi connectivity index (χ1) is 13.8. The fourth-order valence-electron chi connectivity index (χ4n) is 3.41. The zero-order chi connectivity index (χ0) is 20.9. The van der Waals surface area contributed by atoms with E-state index in [1.165, 1.54) is 10.5 Å². The minimum Gasteiger partial charge on any atom is -0.478 e. The maximum Gasteiger partial charge on any atom is 0.338 e. The number of aromatic carboxylic acids is 2. The van der Waals surface area contributed by atoms with Crippen LogP contribution in [0, 0.1) is 0 Å². The summed E-state index contributed by atoms with van der Waals surface area (Å²) < 4.78 is 2.97. The van der Waals surface area contributed by atoms with Crippen LogP contribution in [-0.2, 0) is 0 Å². The molecule has 4 rings (SSSR count). The number of benzene rings is 2. The van der Waals surface area contributed by atoms with E-state index in [0.717, 1.165) is 14.3 Å². The minimum atomic E-state index is -1.48. The highest BCUT2D eigenvalue weighted by Crippen LogP contribution is 2.31. The second-order valence-corrected chi connectivity index (χ2v) is 8.13. The highest BCUT2D eigenvalue weighted by atomic mass is 79.9. The van der Waals surface area contributed by atoms with Crippen molar-refractivity contribution in [2.75, 3.05) is 0 Å². The van der Waals surface area contributed by atoms with Crippen molar-refractivity contribution in [3.05, 3.63) is 85.9 Å². The number of hydrogen-bond acceptors (Lipinski definition) is 3. The van der Waals surface area contributed by atoms with Gasteiger partial charge in [0.2, 0.25) is 5.78 Å². The third-order valence-electron chi connectivity index (χ3n) is 4.61. The number of halogens is 2. The first-order valence-corrected chi connectivity index (χ1v) is 9.91. The summed E-state index contributed by atoms with van der Waals surface area (Å²) in [6, 6.07) is 14.9. The van der Waals surface area contributed by atoms with Gasteiger partial charge in [0.25, 0.3) is 0 Å². The molecular formula is C21H11Br2NO5. The summed E-state index contributed by atoms with van der Waals surface area (Å²) in [5.41, 5.74) is -0.212. The molecule has 0 aliphatic carbocycles. The fraction of sp³-hybridized carbons (Fsp3) is 0. The van der Waals surface area contributed by atoms with E-state index < -0.39 is 28.8 Å². The molecule has 6 nitrogen and oxygen atoms in total. The lowest BCUT2D eigenvalue weighted by Gasteiger charge is -2.08. The molecule has 0 bridgehead atoms. The van der Waals surface area contributed by atoms with E-state index in [2.05, 4.69) is 31.9 Å². The third-order valence-corrected chi connectivity index (χ3v) is 5.63. The summed E-state index contributed by atoms with van der Waals surface area (Å²) >= 11 is 6.68. The topological polar surface area (TPSA) is 96.1 Å². The number of carboxylic acids is 2. The molecule has 2 heterocycles. The maximum atomic E-state index is 13.3. The van der Waals surface area contributed by atoms with Gasteiger partial charge in [0.05, 0.1) is 11.0 Å². The number of carbonyl (C=O) groups is 3. The Morgan fingerprint density at radius 1 is 0.724 bits per heavy atom. The van der Waals surface area contributed by atoms with Crippen LogP contribution < -0.4 is 0 Å². The van der Waals surface area contributed by atoms with Gasteiger partial charge in [-0.2, -0.15) is 0 Å². The number of fused-ring (bicyclic) bond motifs is 3. The molecule has 0 aliphatic rings. The zero-order valence-corrected chi connectivity index (χ0v) is 17.7. The van der Waals surface area contributed by atoms with E-state index >= 15 is 0 Å². The number of aromatic nitrogens is 1. The summed E-state index contributed by atoms with van der Waals surface area (Å²) in [4.78, 5) is 37.3. The Morgan fingerprint density at radius 3 is 1.93 bits per heavy atom. The van der Waals surface area contributed by atoms with Gasteiger partial charge in [0, 0.05) is 14.5 Å². The van der Waals surface area contributed by atoms with Crippen LogP contribution in [0.1, 0.15) is 36.8 Å². The molecule has 0 radical (unpaired) electrons. The van der Waals surface area contributed by atoms with E-state index in [1.807, 2.05) is 6.07 Å². The Labute approximate surface area is 180 Å². The van der Waals surface area contributed by atoms with Crippen LogP contribution >= 0.6 is 31.9 Å². The van der Waals surface area contributed by atoms with E-state index in [4.69, 9.17) is 0 Å². The Hall–Kier alpha value is -2.97. The number of hydrogen-bond donors (Lipinski definition) is 2. The molecule has 2 aromatic carbocycles. The highest BCUT2D eigenvalue weighted by molar-refractivity contribution is 9.10. The van der Waals surface area contributed by atoms with Crippen LogP contribution in [-0.4, -0.2) is 32.3 Å². The molecule has 29 heavy (non-hydrogen) atoms. The van der Waals surface area contributed by atoms with Crippen LogP contribution in [0.4, 0.5) is 0 Å². The number of rotatable bonds is 4. The lowest BCUT2D eigenvalue weighted by Crippen LogP contribution is -2.13.